The number of unbranched alkanes of at least 4 members (excludes halogenated alkanes) is 12. The van der Waals surface area contributed by atoms with Crippen LogP contribution in [0, 0.1) is 0 Å². The smallest absolute Gasteiger partial charge is 0.251 e. The highest BCUT2D eigenvalue weighted by molar-refractivity contribution is 5.99. The molecule has 4 heterocycles. The van der Waals surface area contributed by atoms with E-state index in [-0.39, 0.29) is 23.6 Å². The topological polar surface area (TPSA) is 213 Å². The Bertz CT molecular complexity index is 4340. The van der Waals surface area contributed by atoms with Gasteiger partial charge in [0.05, 0.1) is 61.8 Å². The van der Waals surface area contributed by atoms with E-state index in [1.54, 1.807) is 62.8 Å². The second kappa shape index (κ2) is 49.7. The maximum absolute atomic E-state index is 12.7. The third kappa shape index (κ3) is 31.7. The largest absolute Gasteiger partial charge is 0.497 e. The van der Waals surface area contributed by atoms with Crippen LogP contribution >= 0.6 is 0 Å². The van der Waals surface area contributed by atoms with Crippen LogP contribution in [0.15, 0.2) is 276 Å². The van der Waals surface area contributed by atoms with Crippen molar-refractivity contribution in [2.45, 2.75) is 129 Å². The van der Waals surface area contributed by atoms with Gasteiger partial charge < -0.3 is 30.7 Å². The Morgan fingerprint density at radius 3 is 0.698 bits per heavy atom. The average Bonchev–Trinajstić information content (AvgIpc) is 0.878. The molecule has 0 fully saturated rings. The van der Waals surface area contributed by atoms with E-state index in [1.165, 1.54) is 0 Å². The van der Waals surface area contributed by atoms with Crippen LogP contribution in [0.1, 0.15) is 166 Å². The van der Waals surface area contributed by atoms with Crippen LogP contribution in [0.4, 0.5) is 22.7 Å². The van der Waals surface area contributed by atoms with E-state index in [0.29, 0.717) is 48.4 Å². The van der Waals surface area contributed by atoms with Crippen molar-refractivity contribution >= 4 is 71.2 Å². The lowest BCUT2D eigenvalue weighted by atomic mass is 10.1. The molecule has 0 aliphatic heterocycles. The maximum atomic E-state index is 12.7. The zero-order valence-corrected chi connectivity index (χ0v) is 68.3. The quantitative estimate of drug-likeness (QED) is 0.0123. The summed E-state index contributed by atoms with van der Waals surface area (Å²) in [5.41, 5.74) is 10.5. The molecule has 0 saturated heterocycles. The zero-order valence-electron chi connectivity index (χ0n) is 68.3. The van der Waals surface area contributed by atoms with Gasteiger partial charge in [-0.25, -0.2) is 18.3 Å². The molecular weight excluding hydrogens is 1450 g/mol. The number of rotatable bonds is 46. The molecule has 0 spiro atoms. The van der Waals surface area contributed by atoms with Crippen LogP contribution in [-0.4, -0.2) is 117 Å². The van der Waals surface area contributed by atoms with Crippen molar-refractivity contribution in [3.63, 3.8) is 0 Å². The molecule has 0 aliphatic carbocycles. The number of anilines is 4. The molecule has 6 aromatic carbocycles. The molecule has 4 aromatic heterocycles. The maximum Gasteiger partial charge on any atom is 0.251 e. The van der Waals surface area contributed by atoms with E-state index < -0.39 is 0 Å². The van der Waals surface area contributed by atoms with E-state index in [2.05, 4.69) is 158 Å². The predicted octanol–water partition coefficient (Wildman–Crippen LogP) is 14.4. The number of methoxy groups -OCH3 is 2. The van der Waals surface area contributed by atoms with Gasteiger partial charge in [-0.1, -0.05) is 62.1 Å². The van der Waals surface area contributed by atoms with E-state index in [4.69, 9.17) is 9.47 Å². The van der Waals surface area contributed by atoms with Gasteiger partial charge in [0.1, 0.15) is 37.7 Å². The van der Waals surface area contributed by atoms with Crippen LogP contribution in [-0.2, 0) is 26.2 Å². The number of carbonyl (C=O) groups excluding carboxylic acids is 4. The molecule has 4 amide bonds. The standard InChI is InChI=1S/C48H58N8O4.C46H54N8O2/c1-53(43-17-21-45(59-3)22-18-43)51-37-39-25-33-55(34-26-39)31-11-7-5-9-29-49-47(57)41-13-15-42(16-14-41)48(58)50-30-10-6-8-12-32-56-35-27-40(28-36-56)38-52-54(2)44-19-23-46(60-4)24-20-44;1-51(43-17-9-7-10-18-43)49-37-39-25-33-53(34-26-39)31-15-5-3-13-29-47-45(55)41-21-23-42(24-22-41)46(56)48-30-14-4-6-16-32-54-35-27-40(28-36-54)38-50-52(2)44-19-11-8-12-20-44/h13-28,33-38H,5-12,29-32H2,1-4H3;7-12,17-28,33-38H,3-6,13-16,29-32H2,1-2H3/p+4. The number of amides is 4. The van der Waals surface area contributed by atoms with Crippen molar-refractivity contribution in [3.05, 3.63) is 300 Å². The summed E-state index contributed by atoms with van der Waals surface area (Å²) in [7, 11) is 11.0. The molecule has 0 unspecified atom stereocenters. The molecule has 0 bridgehead atoms. The van der Waals surface area contributed by atoms with Crippen LogP contribution in [0.5, 0.6) is 11.5 Å². The Kier molecular flexibility index (Phi) is 37.4. The number of hydrogen-bond acceptors (Lipinski definition) is 14. The van der Waals surface area contributed by atoms with E-state index in [9.17, 15) is 19.2 Å². The highest BCUT2D eigenvalue weighted by Gasteiger charge is 2.14. The lowest BCUT2D eigenvalue weighted by Crippen LogP contribution is -2.32. The fraction of sp³-hybridized carbons (Fsp3) is 0.319. The summed E-state index contributed by atoms with van der Waals surface area (Å²) in [6, 6.07) is 66.0. The number of nitrogens with one attached hydrogen (secondary N) is 4. The normalized spacial score (nSPS) is 11.2. The second-order valence-electron chi connectivity index (χ2n) is 28.5. The number of ether oxygens (including phenoxy) is 2. The first-order valence-electron chi connectivity index (χ1n) is 40.5. The fourth-order valence-corrected chi connectivity index (χ4v) is 12.4. The van der Waals surface area contributed by atoms with Gasteiger partial charge in [0.25, 0.3) is 23.6 Å². The molecule has 10 rings (SSSR count). The van der Waals surface area contributed by atoms with Gasteiger partial charge in [0.15, 0.2) is 49.6 Å². The van der Waals surface area contributed by atoms with Gasteiger partial charge in [0, 0.05) is 173 Å². The van der Waals surface area contributed by atoms with Gasteiger partial charge in [-0.15, -0.1) is 0 Å². The molecule has 0 aliphatic rings. The molecule has 22 nitrogen and oxygen atoms in total. The van der Waals surface area contributed by atoms with Crippen molar-refractivity contribution < 1.29 is 46.9 Å². The Morgan fingerprint density at radius 1 is 0.276 bits per heavy atom. The summed E-state index contributed by atoms with van der Waals surface area (Å²) in [6.45, 7) is 6.30. The molecule has 116 heavy (non-hydrogen) atoms. The third-order valence-electron chi connectivity index (χ3n) is 19.7. The summed E-state index contributed by atoms with van der Waals surface area (Å²) < 4.78 is 19.2. The molecule has 0 radical (unpaired) electrons. The van der Waals surface area contributed by atoms with Crippen molar-refractivity contribution in [3.8, 4) is 11.5 Å². The number of pyridine rings is 4. The minimum atomic E-state index is -0.118. The summed E-state index contributed by atoms with van der Waals surface area (Å²) in [4.78, 5) is 50.6. The Balaban J connectivity index is 0.000000266. The van der Waals surface area contributed by atoms with Gasteiger partial charge in [-0.3, -0.25) is 39.2 Å². The molecule has 10 aromatic rings. The molecule has 0 atom stereocenters. The van der Waals surface area contributed by atoms with E-state index >= 15 is 0 Å². The predicted molar refractivity (Wildman–Crippen MR) is 465 cm³/mol. The number of carbonyl (C=O) groups is 4. The summed E-state index contributed by atoms with van der Waals surface area (Å²) in [5, 5.41) is 37.6. The summed E-state index contributed by atoms with van der Waals surface area (Å²) in [6.07, 6.45) is 40.6. The highest BCUT2D eigenvalue weighted by Crippen LogP contribution is 2.21. The molecule has 0 saturated carbocycles. The summed E-state index contributed by atoms with van der Waals surface area (Å²) >= 11 is 0. The number of benzene rings is 6. The highest BCUT2D eigenvalue weighted by atomic mass is 16.5. The van der Waals surface area contributed by atoms with Gasteiger partial charge >= 0.3 is 0 Å². The Hall–Kier alpha value is -12.7. The molecule has 4 N–H and O–H groups in total. The van der Waals surface area contributed by atoms with Crippen molar-refractivity contribution in [1.29, 1.82) is 0 Å². The van der Waals surface area contributed by atoms with Crippen molar-refractivity contribution in [2.24, 2.45) is 20.4 Å². The SMILES string of the molecule is CN(/N=C/c1cc[n+](CCCCCCNC(=O)c2ccc(C(=O)NCCCCCC[n+]3ccc(/C=N/N(C)c4ccccc4)cc3)cc2)cc1)c1ccccc1.COc1ccc(N(C)/N=C/c2cc[n+](CCCCCCNC(=O)c3ccc(C(=O)NCCCCCC[n+]4ccc(/C=N/N(C)c5ccc(OC)cc5)cc4)cc3)cc2)cc1. The molecule has 22 heteroatoms. The van der Waals surface area contributed by atoms with Gasteiger partial charge in [0.2, 0.25) is 0 Å². The van der Waals surface area contributed by atoms with Gasteiger partial charge in [-0.2, -0.15) is 20.4 Å². The van der Waals surface area contributed by atoms with Crippen LogP contribution in [0.3, 0.4) is 0 Å². The summed E-state index contributed by atoms with van der Waals surface area (Å²) in [5.74, 6) is 1.18. The number of nitrogens with zero attached hydrogens (tertiary/aromatic N) is 12. The third-order valence-corrected chi connectivity index (χ3v) is 19.7. The first-order valence-corrected chi connectivity index (χ1v) is 40.5. The number of hydrogen-bond donors (Lipinski definition) is 4. The van der Waals surface area contributed by atoms with Crippen LogP contribution in [0.2, 0.25) is 0 Å². The number of para-hydroxylation sites is 2. The minimum absolute atomic E-state index is 0.110. The Morgan fingerprint density at radius 2 is 0.483 bits per heavy atom. The van der Waals surface area contributed by atoms with Gasteiger partial charge in [-0.05, 0) is 173 Å². The van der Waals surface area contributed by atoms with E-state index in [0.717, 1.165) is 185 Å². The minimum Gasteiger partial charge on any atom is -0.497 e. The molecular formula is C94H116N16O6+4. The van der Waals surface area contributed by atoms with Crippen molar-refractivity contribution in [2.75, 3.05) is 88.6 Å². The monoisotopic (exact) mass is 1560 g/mol. The molecule has 604 valence electrons. The average molecular weight is 1570 g/mol. The van der Waals surface area contributed by atoms with Crippen LogP contribution < -0.4 is 69.0 Å². The number of hydrazone groups is 4. The lowest BCUT2D eigenvalue weighted by Gasteiger charge is -2.13. The second-order valence-corrected chi connectivity index (χ2v) is 28.5. The van der Waals surface area contributed by atoms with Crippen LogP contribution in [0.25, 0.3) is 0 Å². The number of aromatic nitrogens is 4. The Labute approximate surface area is 685 Å². The zero-order chi connectivity index (χ0) is 81.6. The lowest BCUT2D eigenvalue weighted by molar-refractivity contribution is -0.697. The van der Waals surface area contributed by atoms with E-state index in [1.807, 2.05) is 182 Å². The van der Waals surface area contributed by atoms with Crippen molar-refractivity contribution in [1.82, 2.24) is 21.3 Å². The number of aryl methyl sites for hydroxylation is 4. The first kappa shape index (κ1) is 87.2. The fourth-order valence-electron chi connectivity index (χ4n) is 12.4. The first-order chi connectivity index (χ1) is 56.7.